The average molecular weight is 345 g/mol. The summed E-state index contributed by atoms with van der Waals surface area (Å²) < 4.78 is 5.75. The molecule has 1 saturated heterocycles. The molecule has 6 heteroatoms. The second-order valence-electron chi connectivity index (χ2n) is 6.25. The number of nitrogens with zero attached hydrogens (tertiary/aromatic N) is 2. The Balaban J connectivity index is 1.53. The molecule has 3 heterocycles. The number of aryl methyl sites for hydroxylation is 1. The van der Waals surface area contributed by atoms with E-state index >= 15 is 0 Å². The van der Waals surface area contributed by atoms with Crippen LogP contribution in [0.15, 0.2) is 35.2 Å². The predicted molar refractivity (Wildman–Crippen MR) is 97.7 cm³/mol. The minimum atomic E-state index is 0.0179. The molecule has 0 bridgehead atoms. The number of carbonyl (C=O) groups is 1. The summed E-state index contributed by atoms with van der Waals surface area (Å²) in [6.45, 7) is 5.82. The topological polar surface area (TPSA) is 54.5 Å². The van der Waals surface area contributed by atoms with E-state index in [1.807, 2.05) is 17.5 Å². The van der Waals surface area contributed by atoms with E-state index in [1.165, 1.54) is 5.56 Å². The Hall–Kier alpha value is -1.92. The van der Waals surface area contributed by atoms with Gasteiger partial charge in [-0.2, -0.15) is 11.3 Å². The van der Waals surface area contributed by atoms with Gasteiger partial charge in [0.1, 0.15) is 5.82 Å². The Bertz CT molecular complexity index is 647. The van der Waals surface area contributed by atoms with Crippen molar-refractivity contribution >= 4 is 28.7 Å². The largest absolute Gasteiger partial charge is 0.372 e. The number of thiophene rings is 1. The molecular weight excluding hydrogens is 322 g/mol. The number of rotatable bonds is 5. The van der Waals surface area contributed by atoms with Crippen molar-refractivity contribution in [2.24, 2.45) is 0 Å². The lowest BCUT2D eigenvalue weighted by atomic mass is 10.2. The van der Waals surface area contributed by atoms with Crippen LogP contribution in [0.3, 0.4) is 0 Å². The number of carbonyl (C=O) groups excluding carboxylic acids is 1. The van der Waals surface area contributed by atoms with E-state index in [1.54, 1.807) is 17.5 Å². The summed E-state index contributed by atoms with van der Waals surface area (Å²) in [4.78, 5) is 18.7. The van der Waals surface area contributed by atoms with Crippen LogP contribution in [0, 0.1) is 0 Å². The number of amides is 1. The van der Waals surface area contributed by atoms with Gasteiger partial charge < -0.3 is 15.0 Å². The molecule has 2 atom stereocenters. The standard InChI is InChI=1S/C18H23N3O2S/c1-13-10-21(11-14(2)23-13)17-5-4-16(9-19-17)20-18(22)6-3-15-7-8-24-12-15/h4-5,7-9,12-14H,3,6,10-11H2,1-2H3,(H,20,22)/t13-,14-/m0/s1. The van der Waals surface area contributed by atoms with E-state index in [0.717, 1.165) is 31.0 Å². The Morgan fingerprint density at radius 1 is 1.33 bits per heavy atom. The maximum atomic E-state index is 12.0. The summed E-state index contributed by atoms with van der Waals surface area (Å²) >= 11 is 1.66. The van der Waals surface area contributed by atoms with E-state index in [-0.39, 0.29) is 18.1 Å². The third-order valence-electron chi connectivity index (χ3n) is 4.00. The maximum Gasteiger partial charge on any atom is 0.224 e. The van der Waals surface area contributed by atoms with Crippen molar-refractivity contribution in [2.75, 3.05) is 23.3 Å². The van der Waals surface area contributed by atoms with Crippen LogP contribution in [-0.2, 0) is 16.0 Å². The average Bonchev–Trinajstić information content (AvgIpc) is 3.06. The molecule has 0 saturated carbocycles. The van der Waals surface area contributed by atoms with E-state index in [4.69, 9.17) is 4.74 Å². The molecule has 5 nitrogen and oxygen atoms in total. The normalized spacial score (nSPS) is 20.8. The Kier molecular flexibility index (Phi) is 5.48. The van der Waals surface area contributed by atoms with Gasteiger partial charge in [-0.05, 0) is 54.8 Å². The summed E-state index contributed by atoms with van der Waals surface area (Å²) in [5, 5.41) is 7.02. The molecule has 1 aliphatic heterocycles. The Labute approximate surface area is 146 Å². The maximum absolute atomic E-state index is 12.0. The molecule has 1 N–H and O–H groups in total. The smallest absolute Gasteiger partial charge is 0.224 e. The van der Waals surface area contributed by atoms with Crippen molar-refractivity contribution in [1.82, 2.24) is 4.98 Å². The molecule has 0 spiro atoms. The lowest BCUT2D eigenvalue weighted by molar-refractivity contribution is -0.116. The van der Waals surface area contributed by atoms with Gasteiger partial charge in [-0.15, -0.1) is 0 Å². The van der Waals surface area contributed by atoms with E-state index in [9.17, 15) is 4.79 Å². The summed E-state index contributed by atoms with van der Waals surface area (Å²) in [6.07, 6.45) is 3.38. The molecule has 128 valence electrons. The van der Waals surface area contributed by atoms with Crippen LogP contribution in [-0.4, -0.2) is 36.2 Å². The number of anilines is 2. The van der Waals surface area contributed by atoms with Crippen LogP contribution >= 0.6 is 11.3 Å². The second kappa shape index (κ2) is 7.77. The fourth-order valence-electron chi connectivity index (χ4n) is 2.93. The van der Waals surface area contributed by atoms with Gasteiger partial charge in [0.05, 0.1) is 24.1 Å². The monoisotopic (exact) mass is 345 g/mol. The summed E-state index contributed by atoms with van der Waals surface area (Å²) in [7, 11) is 0. The zero-order chi connectivity index (χ0) is 16.9. The van der Waals surface area contributed by atoms with Gasteiger partial charge in [0, 0.05) is 19.5 Å². The fourth-order valence-corrected chi connectivity index (χ4v) is 3.63. The van der Waals surface area contributed by atoms with Crippen molar-refractivity contribution in [3.8, 4) is 0 Å². The van der Waals surface area contributed by atoms with Gasteiger partial charge in [-0.1, -0.05) is 0 Å². The number of morpholine rings is 1. The van der Waals surface area contributed by atoms with Crippen LogP contribution < -0.4 is 10.2 Å². The number of ether oxygens (including phenoxy) is 1. The highest BCUT2D eigenvalue weighted by molar-refractivity contribution is 7.07. The van der Waals surface area contributed by atoms with Crippen molar-refractivity contribution in [3.05, 3.63) is 40.7 Å². The highest BCUT2D eigenvalue weighted by Gasteiger charge is 2.23. The van der Waals surface area contributed by atoms with Crippen molar-refractivity contribution in [3.63, 3.8) is 0 Å². The van der Waals surface area contributed by atoms with Crippen LogP contribution in [0.1, 0.15) is 25.8 Å². The third-order valence-corrected chi connectivity index (χ3v) is 4.73. The lowest BCUT2D eigenvalue weighted by Crippen LogP contribution is -2.45. The first kappa shape index (κ1) is 16.9. The van der Waals surface area contributed by atoms with E-state index < -0.39 is 0 Å². The zero-order valence-electron chi connectivity index (χ0n) is 14.1. The van der Waals surface area contributed by atoms with Gasteiger partial charge in [-0.3, -0.25) is 4.79 Å². The molecule has 24 heavy (non-hydrogen) atoms. The molecule has 0 aromatic carbocycles. The Morgan fingerprint density at radius 3 is 2.75 bits per heavy atom. The summed E-state index contributed by atoms with van der Waals surface area (Å²) in [5.74, 6) is 0.942. The highest BCUT2D eigenvalue weighted by atomic mass is 32.1. The number of aromatic nitrogens is 1. The SMILES string of the molecule is C[C@H]1CN(c2ccc(NC(=O)CCc3ccsc3)cn2)C[C@H](C)O1. The molecule has 0 aliphatic carbocycles. The van der Waals surface area contributed by atoms with Gasteiger partial charge in [-0.25, -0.2) is 4.98 Å². The van der Waals surface area contributed by atoms with Crippen molar-refractivity contribution in [1.29, 1.82) is 0 Å². The molecule has 0 unspecified atom stereocenters. The predicted octanol–water partition coefficient (Wildman–Crippen LogP) is 3.33. The minimum absolute atomic E-state index is 0.0179. The first-order valence-electron chi connectivity index (χ1n) is 8.27. The summed E-state index contributed by atoms with van der Waals surface area (Å²) in [5.41, 5.74) is 1.95. The molecule has 1 aliphatic rings. The number of pyridine rings is 1. The van der Waals surface area contributed by atoms with Gasteiger partial charge in [0.2, 0.25) is 5.91 Å². The number of hydrogen-bond donors (Lipinski definition) is 1. The van der Waals surface area contributed by atoms with E-state index in [2.05, 4.69) is 40.5 Å². The van der Waals surface area contributed by atoms with Gasteiger partial charge in [0.15, 0.2) is 0 Å². The van der Waals surface area contributed by atoms with Crippen LogP contribution in [0.4, 0.5) is 11.5 Å². The van der Waals surface area contributed by atoms with Gasteiger partial charge in [0.25, 0.3) is 0 Å². The first-order chi connectivity index (χ1) is 11.6. The van der Waals surface area contributed by atoms with Crippen molar-refractivity contribution < 1.29 is 9.53 Å². The van der Waals surface area contributed by atoms with Crippen LogP contribution in [0.2, 0.25) is 0 Å². The minimum Gasteiger partial charge on any atom is -0.372 e. The molecule has 2 aromatic rings. The molecule has 2 aromatic heterocycles. The second-order valence-corrected chi connectivity index (χ2v) is 7.03. The zero-order valence-corrected chi connectivity index (χ0v) is 14.9. The van der Waals surface area contributed by atoms with Gasteiger partial charge >= 0.3 is 0 Å². The Morgan fingerprint density at radius 2 is 2.12 bits per heavy atom. The number of hydrogen-bond acceptors (Lipinski definition) is 5. The third kappa shape index (κ3) is 4.55. The molecule has 1 amide bonds. The molecule has 0 radical (unpaired) electrons. The molecule has 3 rings (SSSR count). The number of nitrogens with one attached hydrogen (secondary N) is 1. The van der Waals surface area contributed by atoms with Crippen molar-refractivity contribution in [2.45, 2.75) is 38.9 Å². The summed E-state index contributed by atoms with van der Waals surface area (Å²) in [6, 6.07) is 5.92. The van der Waals surface area contributed by atoms with Crippen LogP contribution in [0.5, 0.6) is 0 Å². The molecular formula is C18H23N3O2S. The molecule has 1 fully saturated rings. The van der Waals surface area contributed by atoms with Crippen LogP contribution in [0.25, 0.3) is 0 Å². The first-order valence-corrected chi connectivity index (χ1v) is 9.22. The highest BCUT2D eigenvalue weighted by Crippen LogP contribution is 2.20. The quantitative estimate of drug-likeness (QED) is 0.903. The lowest BCUT2D eigenvalue weighted by Gasteiger charge is -2.36. The fraction of sp³-hybridized carbons (Fsp3) is 0.444. The van der Waals surface area contributed by atoms with E-state index in [0.29, 0.717) is 6.42 Å².